The van der Waals surface area contributed by atoms with E-state index in [1.807, 2.05) is 6.92 Å². The second kappa shape index (κ2) is 4.77. The van der Waals surface area contributed by atoms with Crippen LogP contribution in [0.4, 0.5) is 0 Å². The van der Waals surface area contributed by atoms with Gasteiger partial charge in [-0.3, -0.25) is 9.59 Å². The van der Waals surface area contributed by atoms with Gasteiger partial charge in [-0.05, 0) is 18.8 Å². The lowest BCUT2D eigenvalue weighted by atomic mass is 9.60. The molecule has 0 amide bonds. The first kappa shape index (κ1) is 12.6. The lowest BCUT2D eigenvalue weighted by Crippen LogP contribution is -2.50. The van der Waals surface area contributed by atoms with Crippen molar-refractivity contribution >= 4 is 11.8 Å². The van der Waals surface area contributed by atoms with Crippen LogP contribution < -0.4 is 0 Å². The number of methoxy groups -OCH3 is 1. The molecule has 0 spiro atoms. The summed E-state index contributed by atoms with van der Waals surface area (Å²) in [6.45, 7) is 1.90. The van der Waals surface area contributed by atoms with Crippen molar-refractivity contribution in [3.63, 3.8) is 0 Å². The molecule has 0 unspecified atom stereocenters. The Balaban J connectivity index is 2.29. The highest BCUT2D eigenvalue weighted by molar-refractivity contribution is 5.86. The predicted molar refractivity (Wildman–Crippen MR) is 61.1 cm³/mol. The molecule has 0 bridgehead atoms. The third-order valence-electron chi connectivity index (χ3n) is 4.36. The molecule has 2 aliphatic rings. The first-order valence-corrected chi connectivity index (χ1v) is 6.35. The van der Waals surface area contributed by atoms with E-state index in [0.29, 0.717) is 12.8 Å². The number of rotatable bonds is 1. The van der Waals surface area contributed by atoms with Gasteiger partial charge in [-0.25, -0.2) is 0 Å². The Morgan fingerprint density at radius 2 is 2.12 bits per heavy atom. The Morgan fingerprint density at radius 3 is 2.76 bits per heavy atom. The number of aliphatic hydroxyl groups excluding tert-OH is 1. The normalized spacial score (nSPS) is 41.8. The van der Waals surface area contributed by atoms with Crippen LogP contribution in [0.5, 0.6) is 0 Å². The van der Waals surface area contributed by atoms with E-state index in [1.165, 1.54) is 7.11 Å². The molecule has 1 N–H and O–H groups in total. The van der Waals surface area contributed by atoms with Crippen molar-refractivity contribution in [3.05, 3.63) is 0 Å². The molecular formula is C13H20O4. The molecule has 0 aliphatic heterocycles. The number of carbonyl (C=O) groups is 2. The van der Waals surface area contributed by atoms with Gasteiger partial charge in [0.2, 0.25) is 0 Å². The molecule has 0 radical (unpaired) electrons. The fourth-order valence-electron chi connectivity index (χ4n) is 3.57. The molecule has 0 aromatic rings. The number of carbonyl (C=O) groups excluding carboxylic acids is 2. The molecule has 4 heteroatoms. The van der Waals surface area contributed by atoms with Crippen molar-refractivity contribution in [1.82, 2.24) is 0 Å². The zero-order chi connectivity index (χ0) is 12.6. The number of ketones is 1. The fraction of sp³-hybridized carbons (Fsp3) is 0.846. The monoisotopic (exact) mass is 240 g/mol. The smallest absolute Gasteiger partial charge is 0.309 e. The molecule has 5 atom stereocenters. The quantitative estimate of drug-likeness (QED) is 0.699. The molecule has 0 saturated heterocycles. The van der Waals surface area contributed by atoms with Gasteiger partial charge in [-0.1, -0.05) is 13.3 Å². The topological polar surface area (TPSA) is 63.6 Å². The van der Waals surface area contributed by atoms with E-state index in [0.717, 1.165) is 12.8 Å². The minimum Gasteiger partial charge on any atom is -0.469 e. The first-order chi connectivity index (χ1) is 8.06. The maximum atomic E-state index is 12.0. The first-order valence-electron chi connectivity index (χ1n) is 6.35. The van der Waals surface area contributed by atoms with Gasteiger partial charge in [0.1, 0.15) is 5.78 Å². The second-order valence-corrected chi connectivity index (χ2v) is 5.38. The number of esters is 1. The van der Waals surface area contributed by atoms with E-state index < -0.39 is 6.10 Å². The van der Waals surface area contributed by atoms with E-state index in [1.54, 1.807) is 0 Å². The summed E-state index contributed by atoms with van der Waals surface area (Å²) >= 11 is 0. The van der Waals surface area contributed by atoms with Crippen molar-refractivity contribution in [1.29, 1.82) is 0 Å². The molecule has 17 heavy (non-hydrogen) atoms. The summed E-state index contributed by atoms with van der Waals surface area (Å²) in [4.78, 5) is 23.8. The van der Waals surface area contributed by atoms with Crippen LogP contribution in [0.2, 0.25) is 0 Å². The molecule has 0 heterocycles. The Labute approximate surface area is 101 Å². The maximum Gasteiger partial charge on any atom is 0.309 e. The fourth-order valence-corrected chi connectivity index (χ4v) is 3.57. The predicted octanol–water partition coefficient (Wildman–Crippen LogP) is 1.16. The zero-order valence-corrected chi connectivity index (χ0v) is 10.4. The molecular weight excluding hydrogens is 220 g/mol. The third kappa shape index (κ3) is 2.10. The van der Waals surface area contributed by atoms with Crippen LogP contribution in [-0.2, 0) is 14.3 Å². The summed E-state index contributed by atoms with van der Waals surface area (Å²) in [6.07, 6.45) is 2.27. The molecule has 2 rings (SSSR count). The lowest BCUT2D eigenvalue weighted by molar-refractivity contribution is -0.161. The van der Waals surface area contributed by atoms with Gasteiger partial charge < -0.3 is 9.84 Å². The van der Waals surface area contributed by atoms with Crippen molar-refractivity contribution in [2.75, 3.05) is 7.11 Å². The molecule has 96 valence electrons. The zero-order valence-electron chi connectivity index (χ0n) is 10.4. The maximum absolute atomic E-state index is 12.0. The van der Waals surface area contributed by atoms with Gasteiger partial charge in [0, 0.05) is 18.3 Å². The highest BCUT2D eigenvalue weighted by Gasteiger charge is 2.50. The van der Waals surface area contributed by atoms with Crippen molar-refractivity contribution in [3.8, 4) is 0 Å². The van der Waals surface area contributed by atoms with E-state index in [9.17, 15) is 14.7 Å². The number of fused-ring (bicyclic) bond motifs is 1. The van der Waals surface area contributed by atoms with Gasteiger partial charge in [-0.15, -0.1) is 0 Å². The summed E-state index contributed by atoms with van der Waals surface area (Å²) < 4.78 is 4.83. The van der Waals surface area contributed by atoms with Gasteiger partial charge >= 0.3 is 5.97 Å². The number of aliphatic hydroxyl groups is 1. The Morgan fingerprint density at radius 1 is 1.41 bits per heavy atom. The van der Waals surface area contributed by atoms with Gasteiger partial charge in [0.05, 0.1) is 19.1 Å². The summed E-state index contributed by atoms with van der Waals surface area (Å²) in [6, 6.07) is 0. The minimum atomic E-state index is -0.537. The SMILES string of the molecule is COC(=O)[C@@H]1[C@@H]2[C@H](O)CCC[C@H]2C(=O)C[C@H]1C. The second-order valence-electron chi connectivity index (χ2n) is 5.38. The summed E-state index contributed by atoms with van der Waals surface area (Å²) in [7, 11) is 1.37. The van der Waals surface area contributed by atoms with E-state index >= 15 is 0 Å². The molecule has 2 saturated carbocycles. The number of hydrogen-bond donors (Lipinski definition) is 1. The van der Waals surface area contributed by atoms with Crippen LogP contribution in [0.15, 0.2) is 0 Å². The van der Waals surface area contributed by atoms with E-state index in [-0.39, 0.29) is 35.4 Å². The van der Waals surface area contributed by atoms with E-state index in [2.05, 4.69) is 0 Å². The highest BCUT2D eigenvalue weighted by atomic mass is 16.5. The molecule has 0 aromatic heterocycles. The number of Topliss-reactive ketones (excluding diaryl/α,β-unsaturated/α-hetero) is 1. The highest BCUT2D eigenvalue weighted by Crippen LogP contribution is 2.45. The van der Waals surface area contributed by atoms with Crippen LogP contribution in [-0.4, -0.2) is 30.1 Å². The van der Waals surface area contributed by atoms with Gasteiger partial charge in [0.25, 0.3) is 0 Å². The van der Waals surface area contributed by atoms with Crippen LogP contribution in [0.25, 0.3) is 0 Å². The van der Waals surface area contributed by atoms with E-state index in [4.69, 9.17) is 4.74 Å². The van der Waals surface area contributed by atoms with Crippen molar-refractivity contribution < 1.29 is 19.4 Å². The van der Waals surface area contributed by atoms with Crippen LogP contribution in [0, 0.1) is 23.7 Å². The average Bonchev–Trinajstić information content (AvgIpc) is 2.30. The Kier molecular flexibility index (Phi) is 3.52. The molecule has 2 aliphatic carbocycles. The van der Waals surface area contributed by atoms with Gasteiger partial charge in [0.15, 0.2) is 0 Å². The summed E-state index contributed by atoms with van der Waals surface area (Å²) in [5.74, 6) is -0.782. The Hall–Kier alpha value is -0.900. The van der Waals surface area contributed by atoms with Crippen molar-refractivity contribution in [2.24, 2.45) is 23.7 Å². The molecule has 2 fully saturated rings. The summed E-state index contributed by atoms with van der Waals surface area (Å²) in [5, 5.41) is 10.1. The standard InChI is InChI=1S/C13H20O4/c1-7-6-10(15)8-4-3-5-9(14)12(8)11(7)13(16)17-2/h7-9,11-12,14H,3-6H2,1-2H3/t7-,8+,9-,11+,12+/m1/s1. The molecule has 0 aromatic carbocycles. The van der Waals surface area contributed by atoms with Crippen LogP contribution in [0.3, 0.4) is 0 Å². The largest absolute Gasteiger partial charge is 0.469 e. The third-order valence-corrected chi connectivity index (χ3v) is 4.36. The van der Waals surface area contributed by atoms with Crippen molar-refractivity contribution in [2.45, 2.75) is 38.7 Å². The van der Waals surface area contributed by atoms with Crippen LogP contribution >= 0.6 is 0 Å². The molecule has 4 nitrogen and oxygen atoms in total. The Bertz CT molecular complexity index is 325. The number of hydrogen-bond acceptors (Lipinski definition) is 4. The van der Waals surface area contributed by atoms with Gasteiger partial charge in [-0.2, -0.15) is 0 Å². The van der Waals surface area contributed by atoms with Crippen LogP contribution in [0.1, 0.15) is 32.6 Å². The average molecular weight is 240 g/mol. The number of ether oxygens (including phenoxy) is 1. The summed E-state index contributed by atoms with van der Waals surface area (Å²) in [5.41, 5.74) is 0. The minimum absolute atomic E-state index is 0.0241. The lowest BCUT2D eigenvalue weighted by Gasteiger charge is -2.44.